The van der Waals surface area contributed by atoms with Gasteiger partial charge in [0.15, 0.2) is 0 Å². The first-order valence-corrected chi connectivity index (χ1v) is 13.2. The number of aliphatic hydroxyl groups is 1. The van der Waals surface area contributed by atoms with Crippen LogP contribution >= 0.6 is 0 Å². The Morgan fingerprint density at radius 2 is 1.73 bits per heavy atom. The number of hydrogen-bond acceptors (Lipinski definition) is 7. The van der Waals surface area contributed by atoms with E-state index >= 15 is 0 Å². The van der Waals surface area contributed by atoms with Crippen molar-refractivity contribution in [3.8, 4) is 28.7 Å². The molecule has 0 radical (unpaired) electrons. The predicted molar refractivity (Wildman–Crippen MR) is 158 cm³/mol. The maximum Gasteiger partial charge on any atom is 0.323 e. The number of carbonyl (C=O) groups is 1. The molecule has 4 aromatic carbocycles. The second-order valence-electron chi connectivity index (χ2n) is 9.52. The van der Waals surface area contributed by atoms with Crippen LogP contribution in [-0.4, -0.2) is 35.9 Å². The van der Waals surface area contributed by atoms with Gasteiger partial charge in [0.25, 0.3) is 0 Å². The quantitative estimate of drug-likeness (QED) is 0.177. The summed E-state index contributed by atoms with van der Waals surface area (Å²) in [4.78, 5) is 11.5. The van der Waals surface area contributed by atoms with Gasteiger partial charge < -0.3 is 25.0 Å². The maximum atomic E-state index is 11.5. The zero-order valence-corrected chi connectivity index (χ0v) is 23.1. The lowest BCUT2D eigenvalue weighted by Crippen LogP contribution is -2.39. The third-order valence-corrected chi connectivity index (χ3v) is 6.86. The van der Waals surface area contributed by atoms with Crippen molar-refractivity contribution in [1.82, 2.24) is 5.32 Å². The van der Waals surface area contributed by atoms with Crippen LogP contribution in [0.25, 0.3) is 11.1 Å². The van der Waals surface area contributed by atoms with Gasteiger partial charge in [-0.2, -0.15) is 5.26 Å². The molecule has 8 nitrogen and oxygen atoms in total. The van der Waals surface area contributed by atoms with Crippen molar-refractivity contribution in [2.24, 2.45) is 0 Å². The lowest BCUT2D eigenvalue weighted by molar-refractivity contribution is -0.140. The van der Waals surface area contributed by atoms with Crippen LogP contribution in [0.3, 0.4) is 0 Å². The number of anilines is 1. The second-order valence-corrected chi connectivity index (χ2v) is 9.52. The number of rotatable bonds is 13. The van der Waals surface area contributed by atoms with E-state index in [2.05, 4.69) is 47.9 Å². The van der Waals surface area contributed by atoms with Crippen molar-refractivity contribution >= 4 is 11.7 Å². The van der Waals surface area contributed by atoms with Crippen LogP contribution in [0.1, 0.15) is 27.8 Å². The van der Waals surface area contributed by atoms with E-state index in [4.69, 9.17) is 9.47 Å². The van der Waals surface area contributed by atoms with E-state index in [9.17, 15) is 20.3 Å². The van der Waals surface area contributed by atoms with Crippen molar-refractivity contribution in [3.05, 3.63) is 113 Å². The minimum atomic E-state index is -1.16. The van der Waals surface area contributed by atoms with Gasteiger partial charge in [0.05, 0.1) is 30.9 Å². The fourth-order valence-electron chi connectivity index (χ4n) is 4.56. The lowest BCUT2D eigenvalue weighted by Gasteiger charge is -2.20. The van der Waals surface area contributed by atoms with E-state index < -0.39 is 18.6 Å². The fourth-order valence-corrected chi connectivity index (χ4v) is 4.56. The van der Waals surface area contributed by atoms with Crippen molar-refractivity contribution in [2.75, 3.05) is 19.0 Å². The minimum absolute atomic E-state index is 0.0901. The molecule has 1 atom stereocenters. The summed E-state index contributed by atoms with van der Waals surface area (Å²) < 4.78 is 11.9. The monoisotopic (exact) mass is 551 g/mol. The molecule has 0 saturated carbocycles. The summed E-state index contributed by atoms with van der Waals surface area (Å²) in [6, 6.07) is 28.3. The molecule has 4 rings (SSSR count). The van der Waals surface area contributed by atoms with E-state index in [-0.39, 0.29) is 13.2 Å². The zero-order valence-electron chi connectivity index (χ0n) is 23.1. The highest BCUT2D eigenvalue weighted by Gasteiger charge is 2.19. The van der Waals surface area contributed by atoms with E-state index in [1.165, 1.54) is 18.2 Å². The average molecular weight is 552 g/mol. The summed E-state index contributed by atoms with van der Waals surface area (Å²) in [6.45, 7) is 2.39. The third kappa shape index (κ3) is 7.42. The highest BCUT2D eigenvalue weighted by molar-refractivity contribution is 5.73. The van der Waals surface area contributed by atoms with Gasteiger partial charge in [0, 0.05) is 30.9 Å². The van der Waals surface area contributed by atoms with Crippen LogP contribution in [-0.2, 0) is 24.5 Å². The molecule has 0 bridgehead atoms. The SMILES string of the molecule is COc1cc(NCc2cccc(-c3ccccc3)c2C)cc(OCc2cccc(C#N)c2)c1CN[C@H](CO)C(=O)O. The van der Waals surface area contributed by atoms with E-state index in [0.717, 1.165) is 22.4 Å². The smallest absolute Gasteiger partial charge is 0.323 e. The van der Waals surface area contributed by atoms with Gasteiger partial charge in [-0.3, -0.25) is 10.1 Å². The summed E-state index contributed by atoms with van der Waals surface area (Å²) in [6.07, 6.45) is 0. The van der Waals surface area contributed by atoms with Gasteiger partial charge in [-0.15, -0.1) is 0 Å². The molecule has 0 heterocycles. The molecule has 0 aliphatic rings. The summed E-state index contributed by atoms with van der Waals surface area (Å²) in [5, 5.41) is 34.4. The molecule has 41 heavy (non-hydrogen) atoms. The number of aliphatic carboxylic acids is 1. The molecule has 0 aromatic heterocycles. The van der Waals surface area contributed by atoms with E-state index in [1.54, 1.807) is 18.2 Å². The second kappa shape index (κ2) is 14.0. The average Bonchev–Trinajstić information content (AvgIpc) is 3.00. The Morgan fingerprint density at radius 3 is 2.44 bits per heavy atom. The number of hydrogen-bond donors (Lipinski definition) is 4. The molecule has 0 unspecified atom stereocenters. The number of nitrogens with one attached hydrogen (secondary N) is 2. The highest BCUT2D eigenvalue weighted by atomic mass is 16.5. The predicted octanol–water partition coefficient (Wildman–Crippen LogP) is 5.27. The Morgan fingerprint density at radius 1 is 0.976 bits per heavy atom. The Balaban J connectivity index is 1.61. The number of nitriles is 1. The Kier molecular flexibility index (Phi) is 9.94. The highest BCUT2D eigenvalue weighted by Crippen LogP contribution is 2.34. The molecule has 0 saturated heterocycles. The van der Waals surface area contributed by atoms with E-state index in [1.807, 2.05) is 42.5 Å². The maximum absolute atomic E-state index is 11.5. The van der Waals surface area contributed by atoms with Gasteiger partial charge in [-0.1, -0.05) is 60.7 Å². The van der Waals surface area contributed by atoms with Crippen LogP contribution < -0.4 is 20.1 Å². The Hall–Kier alpha value is -4.84. The van der Waals surface area contributed by atoms with Gasteiger partial charge in [0.1, 0.15) is 24.1 Å². The Bertz CT molecular complexity index is 1530. The largest absolute Gasteiger partial charge is 0.496 e. The molecule has 0 spiro atoms. The number of aliphatic hydroxyl groups excluding tert-OH is 1. The van der Waals surface area contributed by atoms with Gasteiger partial charge in [-0.05, 0) is 46.9 Å². The molecule has 8 heteroatoms. The molecular weight excluding hydrogens is 518 g/mol. The normalized spacial score (nSPS) is 11.4. The first-order chi connectivity index (χ1) is 19.9. The Labute approximate surface area is 239 Å². The zero-order chi connectivity index (χ0) is 29.2. The molecule has 0 amide bonds. The number of carboxylic acid groups (broad SMARTS) is 1. The van der Waals surface area contributed by atoms with Crippen molar-refractivity contribution in [1.29, 1.82) is 5.26 Å². The van der Waals surface area contributed by atoms with Crippen LogP contribution in [0, 0.1) is 18.3 Å². The first-order valence-electron chi connectivity index (χ1n) is 13.2. The minimum Gasteiger partial charge on any atom is -0.496 e. The molecule has 0 fully saturated rings. The van der Waals surface area contributed by atoms with Crippen LogP contribution in [0.2, 0.25) is 0 Å². The van der Waals surface area contributed by atoms with E-state index in [0.29, 0.717) is 29.2 Å². The number of methoxy groups -OCH3 is 1. The fraction of sp³-hybridized carbons (Fsp3) is 0.212. The topological polar surface area (TPSA) is 124 Å². The number of nitrogens with zero attached hydrogens (tertiary/aromatic N) is 1. The number of ether oxygens (including phenoxy) is 2. The molecular formula is C33H33N3O5. The summed E-state index contributed by atoms with van der Waals surface area (Å²) in [5.74, 6) is -0.174. The van der Waals surface area contributed by atoms with Gasteiger partial charge in [-0.25, -0.2) is 0 Å². The molecule has 4 aromatic rings. The van der Waals surface area contributed by atoms with Crippen molar-refractivity contribution < 1.29 is 24.5 Å². The lowest BCUT2D eigenvalue weighted by atomic mass is 9.96. The van der Waals surface area contributed by atoms with Crippen LogP contribution in [0.5, 0.6) is 11.5 Å². The summed E-state index contributed by atoms with van der Waals surface area (Å²) in [5.41, 5.74) is 7.35. The van der Waals surface area contributed by atoms with Gasteiger partial charge >= 0.3 is 5.97 Å². The van der Waals surface area contributed by atoms with Crippen molar-refractivity contribution in [3.63, 3.8) is 0 Å². The third-order valence-electron chi connectivity index (χ3n) is 6.86. The standard InChI is InChI=1S/C33H33N3O5/c1-22-26(12-7-13-28(22)25-10-4-3-5-11-25)18-35-27-15-31(40-2)29(19-36-30(20-37)33(38)39)32(16-27)41-21-24-9-6-8-23(14-24)17-34/h3-16,30,35-37H,18-21H2,1-2H3,(H,38,39)/t30-/m1/s1. The molecule has 210 valence electrons. The van der Waals surface area contributed by atoms with Crippen LogP contribution in [0.4, 0.5) is 5.69 Å². The summed E-state index contributed by atoms with van der Waals surface area (Å²) >= 11 is 0. The van der Waals surface area contributed by atoms with Crippen LogP contribution in [0.15, 0.2) is 84.9 Å². The summed E-state index contributed by atoms with van der Waals surface area (Å²) in [7, 11) is 1.54. The van der Waals surface area contributed by atoms with Gasteiger partial charge in [0.2, 0.25) is 0 Å². The first kappa shape index (κ1) is 29.2. The molecule has 0 aliphatic heterocycles. The van der Waals surface area contributed by atoms with Crippen molar-refractivity contribution in [2.45, 2.75) is 32.7 Å². The number of benzene rings is 4. The molecule has 0 aliphatic carbocycles. The molecule has 4 N–H and O–H groups in total. The number of carboxylic acids is 1.